The molecule has 0 bridgehead atoms. The maximum atomic E-state index is 9.94. The second-order valence-electron chi connectivity index (χ2n) is 4.39. The minimum absolute atomic E-state index is 0.491. The minimum Gasteiger partial charge on any atom is -0.388 e. The highest BCUT2D eigenvalue weighted by atomic mass is 35.5. The van der Waals surface area contributed by atoms with Crippen molar-refractivity contribution >= 4 is 17.3 Å². The molecule has 2 nitrogen and oxygen atoms in total. The maximum Gasteiger partial charge on any atom is 0.0819 e. The summed E-state index contributed by atoms with van der Waals surface area (Å²) < 4.78 is 0. The highest BCUT2D eigenvalue weighted by Crippen LogP contribution is 2.32. The Balaban J connectivity index is 2.01. The van der Waals surface area contributed by atoms with E-state index >= 15 is 0 Å². The van der Waals surface area contributed by atoms with Gasteiger partial charge in [0, 0.05) is 17.3 Å². The number of benzene rings is 1. The van der Waals surface area contributed by atoms with Crippen LogP contribution in [0.15, 0.2) is 18.2 Å². The topological polar surface area (TPSA) is 32.3 Å². The third kappa shape index (κ3) is 2.44. The number of rotatable bonds is 3. The lowest BCUT2D eigenvalue weighted by atomic mass is 9.80. The zero-order chi connectivity index (χ0) is 10.9. The van der Waals surface area contributed by atoms with E-state index in [1.165, 1.54) is 0 Å². The van der Waals surface area contributed by atoms with Gasteiger partial charge in [-0.2, -0.15) is 0 Å². The Morgan fingerprint density at radius 2 is 2.20 bits per heavy atom. The van der Waals surface area contributed by atoms with E-state index in [9.17, 15) is 5.11 Å². The molecule has 1 aromatic rings. The summed E-state index contributed by atoms with van der Waals surface area (Å²) in [7, 11) is 0. The summed E-state index contributed by atoms with van der Waals surface area (Å²) in [5.74, 6) is 0. The van der Waals surface area contributed by atoms with Gasteiger partial charge < -0.3 is 10.4 Å². The van der Waals surface area contributed by atoms with Crippen molar-refractivity contribution in [1.29, 1.82) is 0 Å². The Morgan fingerprint density at radius 1 is 1.47 bits per heavy atom. The molecule has 0 atom stereocenters. The maximum absolute atomic E-state index is 9.94. The molecule has 3 heteroatoms. The Kier molecular flexibility index (Phi) is 2.89. The Morgan fingerprint density at radius 3 is 2.80 bits per heavy atom. The van der Waals surface area contributed by atoms with Gasteiger partial charge in [0.2, 0.25) is 0 Å². The normalized spacial score (nSPS) is 18.3. The molecular formula is C12H16ClNO. The number of halogens is 1. The lowest BCUT2D eigenvalue weighted by Gasteiger charge is -2.37. The quantitative estimate of drug-likeness (QED) is 0.829. The van der Waals surface area contributed by atoms with Gasteiger partial charge in [-0.05, 0) is 43.9 Å². The summed E-state index contributed by atoms with van der Waals surface area (Å²) in [6.45, 7) is 2.65. The van der Waals surface area contributed by atoms with Crippen LogP contribution in [0.25, 0.3) is 0 Å². The van der Waals surface area contributed by atoms with Crippen LogP contribution in [-0.4, -0.2) is 17.3 Å². The van der Waals surface area contributed by atoms with Crippen LogP contribution < -0.4 is 5.32 Å². The van der Waals surface area contributed by atoms with Crippen molar-refractivity contribution in [2.45, 2.75) is 31.8 Å². The van der Waals surface area contributed by atoms with Crippen LogP contribution in [-0.2, 0) is 0 Å². The SMILES string of the molecule is Cc1ccc(Cl)cc1NCC1(O)CCC1. The molecule has 1 saturated carbocycles. The van der Waals surface area contributed by atoms with Crippen LogP contribution >= 0.6 is 11.6 Å². The molecular weight excluding hydrogens is 210 g/mol. The van der Waals surface area contributed by atoms with Gasteiger partial charge in [-0.3, -0.25) is 0 Å². The second kappa shape index (κ2) is 4.03. The molecule has 1 fully saturated rings. The van der Waals surface area contributed by atoms with Crippen molar-refractivity contribution in [2.75, 3.05) is 11.9 Å². The van der Waals surface area contributed by atoms with Crippen molar-refractivity contribution in [3.63, 3.8) is 0 Å². The first-order valence-corrected chi connectivity index (χ1v) is 5.69. The van der Waals surface area contributed by atoms with Gasteiger partial charge in [-0.25, -0.2) is 0 Å². The molecule has 1 aliphatic rings. The summed E-state index contributed by atoms with van der Waals surface area (Å²) in [4.78, 5) is 0. The molecule has 0 saturated heterocycles. The van der Waals surface area contributed by atoms with Gasteiger partial charge in [0.25, 0.3) is 0 Å². The zero-order valence-electron chi connectivity index (χ0n) is 8.89. The number of aliphatic hydroxyl groups is 1. The molecule has 1 aliphatic carbocycles. The highest BCUT2D eigenvalue weighted by Gasteiger charge is 2.33. The smallest absolute Gasteiger partial charge is 0.0819 e. The number of nitrogens with one attached hydrogen (secondary N) is 1. The molecule has 0 unspecified atom stereocenters. The predicted octanol–water partition coefficient (Wildman–Crippen LogP) is 2.98. The van der Waals surface area contributed by atoms with Crippen LogP contribution in [0.5, 0.6) is 0 Å². The van der Waals surface area contributed by atoms with Crippen LogP contribution in [0.1, 0.15) is 24.8 Å². The largest absolute Gasteiger partial charge is 0.388 e. The van der Waals surface area contributed by atoms with Gasteiger partial charge in [0.1, 0.15) is 0 Å². The predicted molar refractivity (Wildman–Crippen MR) is 63.5 cm³/mol. The van der Waals surface area contributed by atoms with E-state index in [-0.39, 0.29) is 0 Å². The first-order valence-electron chi connectivity index (χ1n) is 5.31. The lowest BCUT2D eigenvalue weighted by Crippen LogP contribution is -2.43. The van der Waals surface area contributed by atoms with Gasteiger partial charge in [0.15, 0.2) is 0 Å². The molecule has 0 spiro atoms. The van der Waals surface area contributed by atoms with Crippen molar-refractivity contribution < 1.29 is 5.11 Å². The summed E-state index contributed by atoms with van der Waals surface area (Å²) in [5.41, 5.74) is 1.68. The average molecular weight is 226 g/mol. The first kappa shape index (κ1) is 10.8. The monoisotopic (exact) mass is 225 g/mol. The van der Waals surface area contributed by atoms with Crippen LogP contribution in [0.3, 0.4) is 0 Å². The Labute approximate surface area is 95.3 Å². The molecule has 2 N–H and O–H groups in total. The van der Waals surface area contributed by atoms with Crippen LogP contribution in [0.2, 0.25) is 5.02 Å². The van der Waals surface area contributed by atoms with E-state index in [1.54, 1.807) is 0 Å². The first-order chi connectivity index (χ1) is 7.09. The van der Waals surface area contributed by atoms with E-state index in [0.29, 0.717) is 6.54 Å². The van der Waals surface area contributed by atoms with Gasteiger partial charge in [0.05, 0.1) is 5.60 Å². The fourth-order valence-corrected chi connectivity index (χ4v) is 1.98. The summed E-state index contributed by atoms with van der Waals surface area (Å²) in [6.07, 6.45) is 2.94. The van der Waals surface area contributed by atoms with Crippen LogP contribution in [0.4, 0.5) is 5.69 Å². The number of aryl methyl sites for hydroxylation is 1. The second-order valence-corrected chi connectivity index (χ2v) is 4.83. The fourth-order valence-electron chi connectivity index (χ4n) is 1.81. The van der Waals surface area contributed by atoms with Gasteiger partial charge in [-0.1, -0.05) is 17.7 Å². The fraction of sp³-hybridized carbons (Fsp3) is 0.500. The molecule has 1 aromatic carbocycles. The molecule has 0 amide bonds. The molecule has 15 heavy (non-hydrogen) atoms. The number of hydrogen-bond acceptors (Lipinski definition) is 2. The van der Waals surface area contributed by atoms with E-state index in [4.69, 9.17) is 11.6 Å². The molecule has 0 aliphatic heterocycles. The molecule has 82 valence electrons. The Hall–Kier alpha value is -0.730. The van der Waals surface area contributed by atoms with E-state index < -0.39 is 5.60 Å². The summed E-state index contributed by atoms with van der Waals surface area (Å²) in [6, 6.07) is 5.76. The van der Waals surface area contributed by atoms with Crippen molar-refractivity contribution in [2.24, 2.45) is 0 Å². The number of hydrogen-bond donors (Lipinski definition) is 2. The molecule has 2 rings (SSSR count). The minimum atomic E-state index is -0.491. The van der Waals surface area contributed by atoms with E-state index in [0.717, 1.165) is 35.5 Å². The molecule has 0 heterocycles. The van der Waals surface area contributed by atoms with Crippen molar-refractivity contribution in [3.8, 4) is 0 Å². The number of anilines is 1. The van der Waals surface area contributed by atoms with E-state index in [1.807, 2.05) is 25.1 Å². The standard InChI is InChI=1S/C12H16ClNO/c1-9-3-4-10(13)7-11(9)14-8-12(15)5-2-6-12/h3-4,7,14-15H,2,5-6,8H2,1H3. The highest BCUT2D eigenvalue weighted by molar-refractivity contribution is 6.30. The molecule has 0 aromatic heterocycles. The van der Waals surface area contributed by atoms with Crippen molar-refractivity contribution in [3.05, 3.63) is 28.8 Å². The van der Waals surface area contributed by atoms with E-state index in [2.05, 4.69) is 5.32 Å². The lowest BCUT2D eigenvalue weighted by molar-refractivity contribution is -0.0202. The third-order valence-electron chi connectivity index (χ3n) is 3.09. The summed E-state index contributed by atoms with van der Waals surface area (Å²) >= 11 is 5.91. The van der Waals surface area contributed by atoms with Crippen molar-refractivity contribution in [1.82, 2.24) is 0 Å². The van der Waals surface area contributed by atoms with Gasteiger partial charge in [-0.15, -0.1) is 0 Å². The van der Waals surface area contributed by atoms with Crippen LogP contribution in [0, 0.1) is 6.92 Å². The molecule has 0 radical (unpaired) electrons. The Bertz CT molecular complexity index is 361. The average Bonchev–Trinajstić information content (AvgIpc) is 2.17. The van der Waals surface area contributed by atoms with Gasteiger partial charge >= 0.3 is 0 Å². The summed E-state index contributed by atoms with van der Waals surface area (Å²) in [5, 5.41) is 13.9. The zero-order valence-corrected chi connectivity index (χ0v) is 9.64. The third-order valence-corrected chi connectivity index (χ3v) is 3.33.